The van der Waals surface area contributed by atoms with Crippen molar-refractivity contribution in [3.63, 3.8) is 0 Å². The number of hydrogen-bond donors (Lipinski definition) is 0. The number of halogens is 1. The SMILES string of the molecule is CN=C1C=C(C)N=C2Sc3c(ncn(-c4ccc(Br)cc4)c3=O)C12. The van der Waals surface area contributed by atoms with Crippen molar-refractivity contribution in [2.45, 2.75) is 17.7 Å². The van der Waals surface area contributed by atoms with Crippen LogP contribution in [0.2, 0.25) is 0 Å². The zero-order chi connectivity index (χ0) is 16.8. The molecule has 2 aliphatic rings. The average molecular weight is 401 g/mol. The highest BCUT2D eigenvalue weighted by atomic mass is 79.9. The Morgan fingerprint density at radius 3 is 2.75 bits per heavy atom. The number of allylic oxidation sites excluding steroid dienone is 2. The van der Waals surface area contributed by atoms with Gasteiger partial charge in [-0.15, -0.1) is 0 Å². The lowest BCUT2D eigenvalue weighted by molar-refractivity contribution is 0.850. The number of nitrogens with zero attached hydrogens (tertiary/aromatic N) is 4. The second kappa shape index (κ2) is 5.82. The van der Waals surface area contributed by atoms with Crippen LogP contribution in [0, 0.1) is 0 Å². The van der Waals surface area contributed by atoms with E-state index < -0.39 is 0 Å². The number of aliphatic imine (C=N–C) groups is 2. The molecule has 0 spiro atoms. The molecule has 3 heterocycles. The molecule has 0 saturated heterocycles. The Balaban J connectivity index is 1.86. The highest BCUT2D eigenvalue weighted by Crippen LogP contribution is 2.42. The standard InChI is InChI=1S/C17H13BrN4OS/c1-9-7-12(19-2)13-14-15(24-16(13)21-9)17(23)22(8-20-14)11-5-3-10(18)4-6-11/h3-8,13H,1-2H3. The molecule has 0 radical (unpaired) electrons. The molecular formula is C17H13BrN4OS. The summed E-state index contributed by atoms with van der Waals surface area (Å²) < 4.78 is 2.53. The van der Waals surface area contributed by atoms with Crippen LogP contribution in [0.15, 0.2) is 66.5 Å². The number of hydrogen-bond acceptors (Lipinski definition) is 5. The van der Waals surface area contributed by atoms with Crippen molar-refractivity contribution in [1.82, 2.24) is 9.55 Å². The van der Waals surface area contributed by atoms with Crippen molar-refractivity contribution < 1.29 is 0 Å². The summed E-state index contributed by atoms with van der Waals surface area (Å²) in [6, 6.07) is 7.57. The van der Waals surface area contributed by atoms with Gasteiger partial charge in [-0.25, -0.2) is 9.98 Å². The van der Waals surface area contributed by atoms with Crippen molar-refractivity contribution in [2.75, 3.05) is 7.05 Å². The molecule has 2 aliphatic heterocycles. The Kier molecular flexibility index (Phi) is 3.77. The number of thioether (sulfide) groups is 1. The smallest absolute Gasteiger partial charge is 0.272 e. The zero-order valence-corrected chi connectivity index (χ0v) is 15.4. The van der Waals surface area contributed by atoms with Crippen LogP contribution in [0.4, 0.5) is 0 Å². The maximum Gasteiger partial charge on any atom is 0.272 e. The third kappa shape index (κ3) is 2.39. The molecule has 24 heavy (non-hydrogen) atoms. The van der Waals surface area contributed by atoms with Gasteiger partial charge in [0.15, 0.2) is 0 Å². The van der Waals surface area contributed by atoms with Gasteiger partial charge >= 0.3 is 0 Å². The molecule has 1 aromatic carbocycles. The predicted molar refractivity (Wildman–Crippen MR) is 101 cm³/mol. The van der Waals surface area contributed by atoms with Gasteiger partial charge in [0.05, 0.1) is 28.1 Å². The lowest BCUT2D eigenvalue weighted by Gasteiger charge is -2.16. The minimum atomic E-state index is -0.119. The van der Waals surface area contributed by atoms with E-state index in [2.05, 4.69) is 30.9 Å². The third-order valence-corrected chi connectivity index (χ3v) is 5.64. The van der Waals surface area contributed by atoms with Crippen molar-refractivity contribution >= 4 is 38.4 Å². The molecule has 5 nitrogen and oxygen atoms in total. The quantitative estimate of drug-likeness (QED) is 0.734. The monoisotopic (exact) mass is 400 g/mol. The van der Waals surface area contributed by atoms with Crippen molar-refractivity contribution in [1.29, 1.82) is 0 Å². The highest BCUT2D eigenvalue weighted by Gasteiger charge is 2.38. The second-order valence-electron chi connectivity index (χ2n) is 5.53. The first-order valence-electron chi connectivity index (χ1n) is 7.37. The van der Waals surface area contributed by atoms with E-state index in [0.29, 0.717) is 4.90 Å². The van der Waals surface area contributed by atoms with Gasteiger partial charge < -0.3 is 0 Å². The largest absolute Gasteiger partial charge is 0.292 e. The zero-order valence-electron chi connectivity index (χ0n) is 13.0. The average Bonchev–Trinajstić information content (AvgIpc) is 2.95. The summed E-state index contributed by atoms with van der Waals surface area (Å²) in [7, 11) is 1.76. The summed E-state index contributed by atoms with van der Waals surface area (Å²) in [5, 5.41) is 0.878. The Bertz CT molecular complexity index is 989. The first-order chi connectivity index (χ1) is 11.6. The van der Waals surface area contributed by atoms with Crippen LogP contribution in [0.5, 0.6) is 0 Å². The molecule has 120 valence electrons. The van der Waals surface area contributed by atoms with E-state index in [4.69, 9.17) is 0 Å². The number of fused-ring (bicyclic) bond motifs is 3. The van der Waals surface area contributed by atoms with Gasteiger partial charge in [-0.3, -0.25) is 14.4 Å². The van der Waals surface area contributed by atoms with E-state index in [1.165, 1.54) is 11.8 Å². The molecule has 0 N–H and O–H groups in total. The molecule has 0 aliphatic carbocycles. The van der Waals surface area contributed by atoms with E-state index in [-0.39, 0.29) is 11.5 Å². The van der Waals surface area contributed by atoms with Crippen LogP contribution in [-0.4, -0.2) is 27.4 Å². The lowest BCUT2D eigenvalue weighted by Crippen LogP contribution is -2.23. The second-order valence-corrected chi connectivity index (χ2v) is 7.48. The number of rotatable bonds is 1. The molecule has 2 aromatic rings. The van der Waals surface area contributed by atoms with E-state index in [1.807, 2.05) is 37.3 Å². The van der Waals surface area contributed by atoms with E-state index in [9.17, 15) is 4.79 Å². The molecular weight excluding hydrogens is 388 g/mol. The first kappa shape index (κ1) is 15.5. The van der Waals surface area contributed by atoms with Gasteiger partial charge in [0.25, 0.3) is 5.56 Å². The summed E-state index contributed by atoms with van der Waals surface area (Å²) in [6.45, 7) is 1.94. The Morgan fingerprint density at radius 2 is 2.04 bits per heavy atom. The van der Waals surface area contributed by atoms with Crippen molar-refractivity contribution in [3.05, 3.63) is 62.9 Å². The molecule has 0 bridgehead atoms. The molecule has 1 atom stereocenters. The Labute approximate surface area is 151 Å². The van der Waals surface area contributed by atoms with Gasteiger partial charge in [-0.1, -0.05) is 27.7 Å². The van der Waals surface area contributed by atoms with Gasteiger partial charge in [0.2, 0.25) is 0 Å². The normalized spacial score (nSPS) is 20.5. The number of benzene rings is 1. The van der Waals surface area contributed by atoms with Crippen LogP contribution in [0.1, 0.15) is 18.5 Å². The summed E-state index contributed by atoms with van der Waals surface area (Å²) in [5.74, 6) is -0.119. The summed E-state index contributed by atoms with van der Waals surface area (Å²) in [6.07, 6.45) is 3.54. The number of aromatic nitrogens is 2. The van der Waals surface area contributed by atoms with Crippen molar-refractivity contribution in [3.8, 4) is 5.69 Å². The fourth-order valence-corrected chi connectivity index (χ4v) is 4.34. The van der Waals surface area contributed by atoms with Crippen LogP contribution >= 0.6 is 27.7 Å². The van der Waals surface area contributed by atoms with Gasteiger partial charge in [0.1, 0.15) is 11.2 Å². The Hall–Kier alpha value is -1.99. The predicted octanol–water partition coefficient (Wildman–Crippen LogP) is 3.57. The van der Waals surface area contributed by atoms with Gasteiger partial charge in [0, 0.05) is 17.2 Å². The molecule has 1 aromatic heterocycles. The molecule has 4 rings (SSSR count). The fourth-order valence-electron chi connectivity index (χ4n) is 2.87. The van der Waals surface area contributed by atoms with E-state index in [1.54, 1.807) is 17.9 Å². The highest BCUT2D eigenvalue weighted by molar-refractivity contribution is 9.10. The maximum atomic E-state index is 12.9. The Morgan fingerprint density at radius 1 is 1.29 bits per heavy atom. The molecule has 7 heteroatoms. The van der Waals surface area contributed by atoms with E-state index in [0.717, 1.165) is 32.3 Å². The van der Waals surface area contributed by atoms with Crippen LogP contribution in [0.3, 0.4) is 0 Å². The minimum Gasteiger partial charge on any atom is -0.292 e. The maximum absolute atomic E-state index is 12.9. The topological polar surface area (TPSA) is 59.6 Å². The van der Waals surface area contributed by atoms with E-state index >= 15 is 0 Å². The third-order valence-electron chi connectivity index (χ3n) is 3.99. The molecule has 0 fully saturated rings. The van der Waals surface area contributed by atoms with Gasteiger partial charge in [-0.2, -0.15) is 0 Å². The first-order valence-corrected chi connectivity index (χ1v) is 8.98. The molecule has 0 saturated carbocycles. The summed E-state index contributed by atoms with van der Waals surface area (Å²) in [4.78, 5) is 27.1. The minimum absolute atomic E-state index is 0.0717. The van der Waals surface area contributed by atoms with Crippen LogP contribution < -0.4 is 5.56 Å². The van der Waals surface area contributed by atoms with Crippen molar-refractivity contribution in [2.24, 2.45) is 9.98 Å². The van der Waals surface area contributed by atoms with Crippen LogP contribution in [-0.2, 0) is 0 Å². The summed E-state index contributed by atoms with van der Waals surface area (Å²) >= 11 is 4.81. The van der Waals surface area contributed by atoms with Crippen LogP contribution in [0.25, 0.3) is 5.69 Å². The summed E-state index contributed by atoms with van der Waals surface area (Å²) in [5.41, 5.74) is 3.26. The lowest BCUT2D eigenvalue weighted by atomic mass is 9.97. The fraction of sp³-hybridized carbons (Fsp3) is 0.176. The van der Waals surface area contributed by atoms with Gasteiger partial charge in [-0.05, 0) is 37.3 Å². The molecule has 1 unspecified atom stereocenters. The molecule has 0 amide bonds.